The Labute approximate surface area is 159 Å². The number of aromatic hydroxyl groups is 1. The number of ether oxygens (including phenoxy) is 1. The molecule has 2 amide bonds. The smallest absolute Gasteiger partial charge is 0.305 e. The molecule has 1 aromatic heterocycles. The second-order valence-electron chi connectivity index (χ2n) is 5.45. The topological polar surface area (TPSA) is 101 Å². The van der Waals surface area contributed by atoms with E-state index in [4.69, 9.17) is 20.8 Å². The number of phenolic OH excluding ortho intramolecular Hbond substituents is 1. The second kappa shape index (κ2) is 8.29. The van der Waals surface area contributed by atoms with Crippen LogP contribution in [0.25, 0.3) is 0 Å². The molecule has 0 fully saturated rings. The first-order chi connectivity index (χ1) is 13.0. The first kappa shape index (κ1) is 18.3. The molecule has 7 nitrogen and oxygen atoms in total. The van der Waals surface area contributed by atoms with Crippen molar-refractivity contribution in [1.82, 2.24) is 10.9 Å². The minimum atomic E-state index is -0.725. The summed E-state index contributed by atoms with van der Waals surface area (Å²) in [7, 11) is 0. The van der Waals surface area contributed by atoms with Gasteiger partial charge in [0.25, 0.3) is 5.91 Å². The molecule has 0 saturated carbocycles. The summed E-state index contributed by atoms with van der Waals surface area (Å²) in [6.45, 7) is 0.117. The van der Waals surface area contributed by atoms with E-state index in [1.807, 2.05) is 18.2 Å². The van der Waals surface area contributed by atoms with Gasteiger partial charge >= 0.3 is 5.91 Å². The van der Waals surface area contributed by atoms with Crippen molar-refractivity contribution in [3.8, 4) is 11.5 Å². The van der Waals surface area contributed by atoms with Gasteiger partial charge in [0.15, 0.2) is 5.76 Å². The Hall–Kier alpha value is -3.45. The molecular formula is C19H15ClN2O5. The summed E-state index contributed by atoms with van der Waals surface area (Å²) in [5.74, 6) is -1.00. The predicted molar refractivity (Wildman–Crippen MR) is 97.5 cm³/mol. The molecule has 27 heavy (non-hydrogen) atoms. The quantitative estimate of drug-likeness (QED) is 0.584. The monoisotopic (exact) mass is 386 g/mol. The molecule has 0 aliphatic rings. The maximum Gasteiger partial charge on any atom is 0.305 e. The normalized spacial score (nSPS) is 10.3. The number of phenols is 1. The number of rotatable bonds is 5. The number of carbonyl (C=O) groups is 2. The number of amides is 2. The van der Waals surface area contributed by atoms with Crippen LogP contribution in [-0.2, 0) is 6.61 Å². The van der Waals surface area contributed by atoms with Crippen LogP contribution in [0.4, 0.5) is 0 Å². The third-order valence-electron chi connectivity index (χ3n) is 3.58. The van der Waals surface area contributed by atoms with Gasteiger partial charge in [-0.3, -0.25) is 20.4 Å². The van der Waals surface area contributed by atoms with Crippen LogP contribution in [0, 0.1) is 0 Å². The lowest BCUT2D eigenvalue weighted by atomic mass is 10.2. The number of benzene rings is 2. The summed E-state index contributed by atoms with van der Waals surface area (Å²) < 4.78 is 10.8. The fourth-order valence-electron chi connectivity index (χ4n) is 2.25. The van der Waals surface area contributed by atoms with Crippen LogP contribution in [0.3, 0.4) is 0 Å². The molecule has 0 aliphatic carbocycles. The minimum Gasteiger partial charge on any atom is -0.507 e. The number of hydrogen-bond donors (Lipinski definition) is 3. The molecular weight excluding hydrogens is 372 g/mol. The lowest BCUT2D eigenvalue weighted by Crippen LogP contribution is -2.41. The number of carbonyl (C=O) groups excluding carboxylic acids is 2. The van der Waals surface area contributed by atoms with Crippen molar-refractivity contribution in [1.29, 1.82) is 0 Å². The maximum absolute atomic E-state index is 12.3. The molecule has 0 saturated heterocycles. The zero-order valence-electron chi connectivity index (χ0n) is 13.9. The van der Waals surface area contributed by atoms with Crippen LogP contribution in [-0.4, -0.2) is 16.9 Å². The second-order valence-corrected chi connectivity index (χ2v) is 5.88. The van der Waals surface area contributed by atoms with Crippen molar-refractivity contribution >= 4 is 23.4 Å². The molecule has 8 heteroatoms. The van der Waals surface area contributed by atoms with Gasteiger partial charge in [-0.1, -0.05) is 29.8 Å². The summed E-state index contributed by atoms with van der Waals surface area (Å²) in [5, 5.41) is 9.98. The van der Waals surface area contributed by atoms with Gasteiger partial charge in [0, 0.05) is 10.6 Å². The van der Waals surface area contributed by atoms with Crippen LogP contribution < -0.4 is 15.6 Å². The summed E-state index contributed by atoms with van der Waals surface area (Å²) >= 11 is 5.80. The molecule has 3 N–H and O–H groups in total. The molecule has 2 aromatic carbocycles. The van der Waals surface area contributed by atoms with Gasteiger partial charge in [-0.05, 0) is 36.4 Å². The Balaban J connectivity index is 1.61. The van der Waals surface area contributed by atoms with Crippen molar-refractivity contribution in [3.63, 3.8) is 0 Å². The molecule has 0 atom stereocenters. The summed E-state index contributed by atoms with van der Waals surface area (Å²) in [6.07, 6.45) is 1.35. The Bertz CT molecular complexity index is 956. The highest BCUT2D eigenvalue weighted by molar-refractivity contribution is 6.31. The third-order valence-corrected chi connectivity index (χ3v) is 3.82. The molecule has 0 aliphatic heterocycles. The Morgan fingerprint density at radius 3 is 2.56 bits per heavy atom. The van der Waals surface area contributed by atoms with Crippen molar-refractivity contribution in [3.05, 3.63) is 82.8 Å². The highest BCUT2D eigenvalue weighted by Crippen LogP contribution is 2.21. The average molecular weight is 387 g/mol. The van der Waals surface area contributed by atoms with Gasteiger partial charge in [-0.2, -0.15) is 0 Å². The van der Waals surface area contributed by atoms with E-state index in [9.17, 15) is 14.7 Å². The highest BCUT2D eigenvalue weighted by atomic mass is 35.5. The zero-order chi connectivity index (χ0) is 19.2. The van der Waals surface area contributed by atoms with Crippen LogP contribution in [0.2, 0.25) is 5.02 Å². The predicted octanol–water partition coefficient (Wildman–Crippen LogP) is 3.29. The molecule has 0 bridgehead atoms. The zero-order valence-corrected chi connectivity index (χ0v) is 14.7. The largest absolute Gasteiger partial charge is 0.507 e. The average Bonchev–Trinajstić information content (AvgIpc) is 3.15. The van der Waals surface area contributed by atoms with Crippen LogP contribution in [0.1, 0.15) is 26.5 Å². The summed E-state index contributed by atoms with van der Waals surface area (Å²) in [5.41, 5.74) is 4.86. The molecule has 1 heterocycles. The van der Waals surface area contributed by atoms with Gasteiger partial charge < -0.3 is 14.3 Å². The fraction of sp³-hybridized carbons (Fsp3) is 0.0526. The molecule has 0 radical (unpaired) electrons. The van der Waals surface area contributed by atoms with Crippen molar-refractivity contribution in [2.24, 2.45) is 0 Å². The number of para-hydroxylation sites is 1. The van der Waals surface area contributed by atoms with Gasteiger partial charge in [-0.25, -0.2) is 0 Å². The minimum absolute atomic E-state index is 0.00143. The SMILES string of the molecule is O=C(NNC(=O)c1occc1COc1ccccc1)c1cc(Cl)ccc1O. The lowest BCUT2D eigenvalue weighted by Gasteiger charge is -2.09. The van der Waals surface area contributed by atoms with Crippen LogP contribution in [0.15, 0.2) is 65.3 Å². The van der Waals surface area contributed by atoms with Crippen molar-refractivity contribution < 1.29 is 23.8 Å². The van der Waals surface area contributed by atoms with Crippen molar-refractivity contribution in [2.45, 2.75) is 6.61 Å². The van der Waals surface area contributed by atoms with E-state index >= 15 is 0 Å². The Kier molecular flexibility index (Phi) is 5.63. The van der Waals surface area contributed by atoms with E-state index in [1.165, 1.54) is 24.5 Å². The van der Waals surface area contributed by atoms with Crippen molar-refractivity contribution in [2.75, 3.05) is 0 Å². The van der Waals surface area contributed by atoms with E-state index in [0.29, 0.717) is 11.3 Å². The first-order valence-corrected chi connectivity index (χ1v) is 8.26. The fourth-order valence-corrected chi connectivity index (χ4v) is 2.43. The number of hydrazine groups is 1. The molecule has 3 aromatic rings. The molecule has 3 rings (SSSR count). The summed E-state index contributed by atoms with van der Waals surface area (Å²) in [4.78, 5) is 24.3. The number of nitrogens with one attached hydrogen (secondary N) is 2. The Morgan fingerprint density at radius 2 is 1.78 bits per heavy atom. The Morgan fingerprint density at radius 1 is 1.04 bits per heavy atom. The van der Waals surface area contributed by atoms with Gasteiger partial charge in [0.2, 0.25) is 0 Å². The molecule has 0 unspecified atom stereocenters. The number of halogens is 1. The van der Waals surface area contributed by atoms with E-state index in [1.54, 1.807) is 18.2 Å². The van der Waals surface area contributed by atoms with Gasteiger partial charge in [0.1, 0.15) is 18.1 Å². The standard InChI is InChI=1S/C19H15ClN2O5/c20-13-6-7-16(23)15(10-13)18(24)21-22-19(25)17-12(8-9-26-17)11-27-14-4-2-1-3-5-14/h1-10,23H,11H2,(H,21,24)(H,22,25). The third kappa shape index (κ3) is 4.59. The van der Waals surface area contributed by atoms with E-state index < -0.39 is 11.8 Å². The molecule has 0 spiro atoms. The van der Waals surface area contributed by atoms with Crippen LogP contribution in [0.5, 0.6) is 11.5 Å². The van der Waals surface area contributed by atoms with E-state index in [2.05, 4.69) is 10.9 Å². The highest BCUT2D eigenvalue weighted by Gasteiger charge is 2.18. The van der Waals surface area contributed by atoms with E-state index in [0.717, 1.165) is 0 Å². The summed E-state index contributed by atoms with van der Waals surface area (Å²) in [6, 6.07) is 14.7. The van der Waals surface area contributed by atoms with Crippen LogP contribution >= 0.6 is 11.6 Å². The number of furan rings is 1. The first-order valence-electron chi connectivity index (χ1n) is 7.88. The van der Waals surface area contributed by atoms with Gasteiger partial charge in [0.05, 0.1) is 11.8 Å². The number of hydrogen-bond acceptors (Lipinski definition) is 5. The lowest BCUT2D eigenvalue weighted by molar-refractivity contribution is 0.0827. The molecule has 138 valence electrons. The maximum atomic E-state index is 12.3. The van der Waals surface area contributed by atoms with Gasteiger partial charge in [-0.15, -0.1) is 0 Å². The van der Waals surface area contributed by atoms with E-state index in [-0.39, 0.29) is 28.7 Å².